The maximum atomic E-state index is 12.3. The Morgan fingerprint density at radius 3 is 2.27 bits per heavy atom. The first-order valence-corrected chi connectivity index (χ1v) is 8.39. The van der Waals surface area contributed by atoms with Crippen LogP contribution >= 0.6 is 0 Å². The predicted octanol–water partition coefficient (Wildman–Crippen LogP) is 1.76. The molecule has 2 N–H and O–H groups in total. The van der Waals surface area contributed by atoms with Crippen LogP contribution in [0.5, 0.6) is 17.2 Å². The van der Waals surface area contributed by atoms with E-state index in [0.717, 1.165) is 5.56 Å². The summed E-state index contributed by atoms with van der Waals surface area (Å²) < 4.78 is 16.0. The summed E-state index contributed by atoms with van der Waals surface area (Å²) in [7, 11) is 4.69. The Morgan fingerprint density at radius 2 is 1.81 bits per heavy atom. The zero-order valence-corrected chi connectivity index (χ0v) is 15.6. The van der Waals surface area contributed by atoms with Crippen molar-refractivity contribution in [2.75, 3.05) is 41.0 Å². The molecule has 1 saturated heterocycles. The van der Waals surface area contributed by atoms with Crippen molar-refractivity contribution in [3.63, 3.8) is 0 Å². The fourth-order valence-electron chi connectivity index (χ4n) is 3.04. The molecule has 0 saturated carbocycles. The lowest BCUT2D eigenvalue weighted by molar-refractivity contribution is -0.147. The molecule has 26 heavy (non-hydrogen) atoms. The lowest BCUT2D eigenvalue weighted by atomic mass is 9.90. The highest BCUT2D eigenvalue weighted by molar-refractivity contribution is 5.79. The lowest BCUT2D eigenvalue weighted by Crippen LogP contribution is -2.41. The van der Waals surface area contributed by atoms with E-state index in [1.807, 2.05) is 0 Å². The third-order valence-electron chi connectivity index (χ3n) is 4.75. The monoisotopic (exact) mass is 366 g/mol. The molecule has 1 aromatic rings. The molecule has 1 aromatic carbocycles. The second kappa shape index (κ2) is 8.16. The van der Waals surface area contributed by atoms with Gasteiger partial charge in [0.1, 0.15) is 17.2 Å². The van der Waals surface area contributed by atoms with Crippen LogP contribution in [0.15, 0.2) is 12.1 Å². The molecule has 1 aliphatic rings. The van der Waals surface area contributed by atoms with Crippen LogP contribution in [0.25, 0.3) is 0 Å². The van der Waals surface area contributed by atoms with Crippen LogP contribution in [-0.4, -0.2) is 63.0 Å². The van der Waals surface area contributed by atoms with Gasteiger partial charge in [0.05, 0.1) is 26.7 Å². The van der Waals surface area contributed by atoms with Gasteiger partial charge in [-0.25, -0.2) is 4.79 Å². The van der Waals surface area contributed by atoms with Crippen molar-refractivity contribution in [3.05, 3.63) is 17.7 Å². The molecule has 8 heteroatoms. The van der Waals surface area contributed by atoms with Gasteiger partial charge >= 0.3 is 12.0 Å². The largest absolute Gasteiger partial charge is 0.496 e. The number of likely N-dealkylation sites (tertiary alicyclic amines) is 1. The minimum Gasteiger partial charge on any atom is -0.496 e. The number of carboxylic acids is 1. The number of ether oxygens (including phenoxy) is 3. The number of aliphatic carboxylic acids is 1. The Labute approximate surface area is 153 Å². The standard InChI is InChI=1S/C18H26N2O6/c1-18(16(21)22)6-8-20(11-18)17(23)19-7-5-13-14(25-3)9-12(24-2)10-15(13)26-4/h9-10H,5-8,11H2,1-4H3,(H,19,23)(H,21,22). The average molecular weight is 366 g/mol. The number of carboxylic acid groups (broad SMARTS) is 1. The Kier molecular flexibility index (Phi) is 6.18. The summed E-state index contributed by atoms with van der Waals surface area (Å²) in [5.74, 6) is 0.988. The lowest BCUT2D eigenvalue weighted by Gasteiger charge is -2.21. The van der Waals surface area contributed by atoms with E-state index in [1.165, 1.54) is 4.90 Å². The zero-order valence-electron chi connectivity index (χ0n) is 15.6. The number of carbonyl (C=O) groups excluding carboxylic acids is 1. The van der Waals surface area contributed by atoms with Crippen LogP contribution in [0, 0.1) is 5.41 Å². The Morgan fingerprint density at radius 1 is 1.19 bits per heavy atom. The first-order chi connectivity index (χ1) is 12.3. The molecular formula is C18H26N2O6. The summed E-state index contributed by atoms with van der Waals surface area (Å²) in [6, 6.07) is 3.26. The molecule has 0 radical (unpaired) electrons. The van der Waals surface area contributed by atoms with Gasteiger partial charge in [0.2, 0.25) is 0 Å². The maximum absolute atomic E-state index is 12.3. The van der Waals surface area contributed by atoms with Crippen molar-refractivity contribution in [1.29, 1.82) is 0 Å². The SMILES string of the molecule is COc1cc(OC)c(CCNC(=O)N2CCC(C)(C(=O)O)C2)c(OC)c1. The van der Waals surface area contributed by atoms with E-state index in [0.29, 0.717) is 43.2 Å². The highest BCUT2D eigenvalue weighted by Crippen LogP contribution is 2.34. The molecular weight excluding hydrogens is 340 g/mol. The van der Waals surface area contributed by atoms with Crippen LogP contribution in [0.2, 0.25) is 0 Å². The number of methoxy groups -OCH3 is 3. The summed E-state index contributed by atoms with van der Waals surface area (Å²) >= 11 is 0. The van der Waals surface area contributed by atoms with Crippen molar-refractivity contribution in [2.45, 2.75) is 19.8 Å². The smallest absolute Gasteiger partial charge is 0.317 e. The fourth-order valence-corrected chi connectivity index (χ4v) is 3.04. The molecule has 0 aromatic heterocycles. The fraction of sp³-hybridized carbons (Fsp3) is 0.556. The first-order valence-electron chi connectivity index (χ1n) is 8.39. The minimum atomic E-state index is -0.875. The number of nitrogens with one attached hydrogen (secondary N) is 1. The maximum Gasteiger partial charge on any atom is 0.317 e. The van der Waals surface area contributed by atoms with Gasteiger partial charge in [0.15, 0.2) is 0 Å². The number of carbonyl (C=O) groups is 2. The van der Waals surface area contributed by atoms with Gasteiger partial charge in [0, 0.05) is 37.3 Å². The molecule has 8 nitrogen and oxygen atoms in total. The molecule has 1 heterocycles. The topological polar surface area (TPSA) is 97.3 Å². The van der Waals surface area contributed by atoms with Crippen molar-refractivity contribution < 1.29 is 28.9 Å². The molecule has 1 fully saturated rings. The zero-order chi connectivity index (χ0) is 19.3. The molecule has 0 aliphatic carbocycles. The van der Waals surface area contributed by atoms with E-state index in [9.17, 15) is 14.7 Å². The highest BCUT2D eigenvalue weighted by atomic mass is 16.5. The molecule has 144 valence electrons. The predicted molar refractivity (Wildman–Crippen MR) is 95.1 cm³/mol. The molecule has 2 amide bonds. The van der Waals surface area contributed by atoms with Gasteiger partial charge in [-0.05, 0) is 19.8 Å². The summed E-state index contributed by atoms with van der Waals surface area (Å²) in [6.07, 6.45) is 0.960. The van der Waals surface area contributed by atoms with Gasteiger partial charge in [-0.3, -0.25) is 4.79 Å². The van der Waals surface area contributed by atoms with E-state index < -0.39 is 11.4 Å². The average Bonchev–Trinajstić information content (AvgIpc) is 3.05. The van der Waals surface area contributed by atoms with Gasteiger partial charge in [0.25, 0.3) is 0 Å². The second-order valence-corrected chi connectivity index (χ2v) is 6.53. The van der Waals surface area contributed by atoms with Gasteiger partial charge in [-0.2, -0.15) is 0 Å². The Bertz CT molecular complexity index is 653. The van der Waals surface area contributed by atoms with Crippen LogP contribution < -0.4 is 19.5 Å². The summed E-state index contributed by atoms with van der Waals surface area (Å²) in [6.45, 7) is 2.68. The van der Waals surface area contributed by atoms with E-state index in [-0.39, 0.29) is 12.6 Å². The minimum absolute atomic E-state index is 0.212. The van der Waals surface area contributed by atoms with Crippen LogP contribution in [0.4, 0.5) is 4.79 Å². The van der Waals surface area contributed by atoms with E-state index in [2.05, 4.69) is 5.32 Å². The van der Waals surface area contributed by atoms with E-state index in [4.69, 9.17) is 14.2 Å². The number of benzene rings is 1. The van der Waals surface area contributed by atoms with Gasteiger partial charge in [-0.1, -0.05) is 0 Å². The molecule has 1 unspecified atom stereocenters. The quantitative estimate of drug-likeness (QED) is 0.763. The Hall–Kier alpha value is -2.64. The third-order valence-corrected chi connectivity index (χ3v) is 4.75. The van der Waals surface area contributed by atoms with Crippen LogP contribution in [0.1, 0.15) is 18.9 Å². The first kappa shape index (κ1) is 19.7. The Balaban J connectivity index is 1.98. The molecule has 1 aliphatic heterocycles. The van der Waals surface area contributed by atoms with Gasteiger partial charge < -0.3 is 29.5 Å². The summed E-state index contributed by atoms with van der Waals surface area (Å²) in [4.78, 5) is 25.1. The number of hydrogen-bond donors (Lipinski definition) is 2. The highest BCUT2D eigenvalue weighted by Gasteiger charge is 2.42. The van der Waals surface area contributed by atoms with E-state index in [1.54, 1.807) is 40.4 Å². The summed E-state index contributed by atoms with van der Waals surface area (Å²) in [5, 5.41) is 12.1. The van der Waals surface area contributed by atoms with Gasteiger partial charge in [-0.15, -0.1) is 0 Å². The van der Waals surface area contributed by atoms with Crippen molar-refractivity contribution in [3.8, 4) is 17.2 Å². The van der Waals surface area contributed by atoms with Crippen LogP contribution in [-0.2, 0) is 11.2 Å². The summed E-state index contributed by atoms with van der Waals surface area (Å²) in [5.41, 5.74) is -0.0485. The molecule has 0 spiro atoms. The number of urea groups is 1. The van der Waals surface area contributed by atoms with E-state index >= 15 is 0 Å². The molecule has 0 bridgehead atoms. The number of hydrogen-bond acceptors (Lipinski definition) is 5. The van der Waals surface area contributed by atoms with Crippen LogP contribution in [0.3, 0.4) is 0 Å². The number of nitrogens with zero attached hydrogens (tertiary/aromatic N) is 1. The normalized spacial score (nSPS) is 19.2. The van der Waals surface area contributed by atoms with Crippen molar-refractivity contribution in [2.24, 2.45) is 5.41 Å². The number of amides is 2. The molecule has 2 rings (SSSR count). The van der Waals surface area contributed by atoms with Crippen molar-refractivity contribution >= 4 is 12.0 Å². The third kappa shape index (κ3) is 4.12. The number of rotatable bonds is 7. The van der Waals surface area contributed by atoms with Crippen molar-refractivity contribution in [1.82, 2.24) is 10.2 Å². The second-order valence-electron chi connectivity index (χ2n) is 6.53. The molecule has 1 atom stereocenters.